The number of nitrogens with one attached hydrogen (secondary N) is 2. The first-order valence-electron chi connectivity index (χ1n) is 11.0. The molecule has 1 atom stereocenters. The fraction of sp³-hybridized carbons (Fsp3) is 0.417. The minimum Gasteiger partial charge on any atom is -0.497 e. The van der Waals surface area contributed by atoms with Gasteiger partial charge in [-0.3, -0.25) is 9.59 Å². The molecular weight excluding hydrogens is 442 g/mol. The third kappa shape index (κ3) is 5.72. The van der Waals surface area contributed by atoms with Crippen molar-refractivity contribution in [3.8, 4) is 5.75 Å². The third-order valence-electron chi connectivity index (χ3n) is 5.69. The molecule has 0 saturated carbocycles. The molecule has 33 heavy (non-hydrogen) atoms. The predicted octanol–water partition coefficient (Wildman–Crippen LogP) is 2.61. The minimum absolute atomic E-state index is 0.00932. The van der Waals surface area contributed by atoms with Gasteiger partial charge < -0.3 is 15.0 Å². The van der Waals surface area contributed by atoms with Crippen molar-refractivity contribution < 1.29 is 22.7 Å². The number of nitrogens with zero attached hydrogens (tertiary/aromatic N) is 1. The van der Waals surface area contributed by atoms with Gasteiger partial charge in [-0.2, -0.15) is 4.72 Å². The number of ether oxygens (including phenoxy) is 1. The Morgan fingerprint density at radius 3 is 2.58 bits per heavy atom. The zero-order chi connectivity index (χ0) is 24.2. The van der Waals surface area contributed by atoms with Crippen LogP contribution in [0.4, 0.5) is 5.69 Å². The van der Waals surface area contributed by atoms with Gasteiger partial charge in [0, 0.05) is 25.2 Å². The van der Waals surface area contributed by atoms with Crippen LogP contribution < -0.4 is 19.7 Å². The van der Waals surface area contributed by atoms with Crippen molar-refractivity contribution in [3.63, 3.8) is 0 Å². The van der Waals surface area contributed by atoms with Gasteiger partial charge in [-0.1, -0.05) is 32.9 Å². The molecule has 2 aromatic carbocycles. The Hall–Kier alpha value is -2.91. The zero-order valence-electron chi connectivity index (χ0n) is 19.4. The van der Waals surface area contributed by atoms with Gasteiger partial charge in [0.2, 0.25) is 21.8 Å². The summed E-state index contributed by atoms with van der Waals surface area (Å²) >= 11 is 0. The van der Waals surface area contributed by atoms with Crippen molar-refractivity contribution in [1.82, 2.24) is 10.0 Å². The number of hydrogen-bond acceptors (Lipinski definition) is 5. The summed E-state index contributed by atoms with van der Waals surface area (Å²) in [5.74, 6) is 0.0168. The van der Waals surface area contributed by atoms with E-state index in [4.69, 9.17) is 4.74 Å². The van der Waals surface area contributed by atoms with Crippen molar-refractivity contribution in [2.24, 2.45) is 5.92 Å². The maximum atomic E-state index is 13.1. The van der Waals surface area contributed by atoms with Crippen molar-refractivity contribution in [3.05, 3.63) is 53.6 Å². The van der Waals surface area contributed by atoms with Crippen LogP contribution in [-0.2, 0) is 32.6 Å². The molecule has 0 bridgehead atoms. The van der Waals surface area contributed by atoms with Crippen LogP contribution in [-0.4, -0.2) is 39.9 Å². The first-order chi connectivity index (χ1) is 15.7. The summed E-state index contributed by atoms with van der Waals surface area (Å²) in [5.41, 5.74) is 2.40. The lowest BCUT2D eigenvalue weighted by molar-refractivity contribution is -0.123. The van der Waals surface area contributed by atoms with Crippen LogP contribution in [0.1, 0.15) is 38.3 Å². The number of methoxy groups -OCH3 is 1. The van der Waals surface area contributed by atoms with E-state index >= 15 is 0 Å². The van der Waals surface area contributed by atoms with Crippen LogP contribution in [0.2, 0.25) is 0 Å². The van der Waals surface area contributed by atoms with E-state index in [-0.39, 0.29) is 23.3 Å². The lowest BCUT2D eigenvalue weighted by atomic mass is 10.0. The monoisotopic (exact) mass is 473 g/mol. The Bertz CT molecular complexity index is 1130. The minimum atomic E-state index is -3.94. The Balaban J connectivity index is 1.73. The van der Waals surface area contributed by atoms with Crippen LogP contribution in [0.3, 0.4) is 0 Å². The maximum Gasteiger partial charge on any atom is 0.241 e. The summed E-state index contributed by atoms with van der Waals surface area (Å²) in [4.78, 5) is 26.7. The fourth-order valence-electron chi connectivity index (χ4n) is 3.80. The zero-order valence-corrected chi connectivity index (χ0v) is 20.2. The lowest BCUT2D eigenvalue weighted by Crippen LogP contribution is -2.49. The van der Waals surface area contributed by atoms with Gasteiger partial charge in [0.1, 0.15) is 11.8 Å². The second-order valence-corrected chi connectivity index (χ2v) is 10.1. The molecule has 0 radical (unpaired) electrons. The molecule has 3 rings (SSSR count). The number of amides is 2. The Morgan fingerprint density at radius 2 is 1.91 bits per heavy atom. The molecule has 1 heterocycles. The molecule has 9 heteroatoms. The molecule has 2 N–H and O–H groups in total. The molecule has 0 aromatic heterocycles. The molecule has 1 unspecified atom stereocenters. The molecule has 1 aliphatic heterocycles. The summed E-state index contributed by atoms with van der Waals surface area (Å²) < 4.78 is 33.9. The van der Waals surface area contributed by atoms with E-state index in [2.05, 4.69) is 10.0 Å². The topological polar surface area (TPSA) is 105 Å². The van der Waals surface area contributed by atoms with Gasteiger partial charge in [0.15, 0.2) is 0 Å². The quantitative estimate of drug-likeness (QED) is 0.583. The van der Waals surface area contributed by atoms with Crippen molar-refractivity contribution in [2.45, 2.75) is 51.1 Å². The average Bonchev–Trinajstić information content (AvgIpc) is 3.24. The highest BCUT2D eigenvalue weighted by molar-refractivity contribution is 7.89. The number of anilines is 1. The summed E-state index contributed by atoms with van der Waals surface area (Å²) in [6, 6.07) is 11.1. The molecule has 2 amide bonds. The third-order valence-corrected chi connectivity index (χ3v) is 7.13. The van der Waals surface area contributed by atoms with Gasteiger partial charge in [-0.25, -0.2) is 8.42 Å². The average molecular weight is 474 g/mol. The van der Waals surface area contributed by atoms with Gasteiger partial charge in [-0.15, -0.1) is 0 Å². The number of fused-ring (bicyclic) bond motifs is 1. The standard InChI is InChI=1S/C24H31N3O5S/c1-5-22(28)27-12-11-18-14-20(9-10-21(18)27)33(30,31)26-23(16(2)3)24(29)25-15-17-7-6-8-19(13-17)32-4/h6-10,13-14,16,23,26H,5,11-12,15H2,1-4H3,(H,25,29). The first kappa shape index (κ1) is 24.7. The van der Waals surface area contributed by atoms with Crippen LogP contribution in [0, 0.1) is 5.92 Å². The van der Waals surface area contributed by atoms with E-state index in [1.165, 1.54) is 6.07 Å². The van der Waals surface area contributed by atoms with Crippen LogP contribution in [0.15, 0.2) is 47.4 Å². The number of rotatable bonds is 9. The highest BCUT2D eigenvalue weighted by Crippen LogP contribution is 2.30. The Morgan fingerprint density at radius 1 is 1.15 bits per heavy atom. The smallest absolute Gasteiger partial charge is 0.241 e. The van der Waals surface area contributed by atoms with Crippen LogP contribution in [0.25, 0.3) is 0 Å². The Kier molecular flexibility index (Phi) is 7.76. The second-order valence-electron chi connectivity index (χ2n) is 8.35. The highest BCUT2D eigenvalue weighted by atomic mass is 32.2. The Labute approximate surface area is 195 Å². The molecule has 0 aliphatic carbocycles. The first-order valence-corrected chi connectivity index (χ1v) is 12.5. The van der Waals surface area contributed by atoms with Crippen molar-refractivity contribution in [2.75, 3.05) is 18.6 Å². The molecule has 8 nitrogen and oxygen atoms in total. The van der Waals surface area contributed by atoms with Gasteiger partial charge >= 0.3 is 0 Å². The number of hydrogen-bond donors (Lipinski definition) is 2. The van der Waals surface area contributed by atoms with E-state index in [0.29, 0.717) is 25.1 Å². The normalized spacial score (nSPS) is 14.2. The molecule has 0 fully saturated rings. The summed E-state index contributed by atoms with van der Waals surface area (Å²) in [7, 11) is -2.37. The molecule has 178 valence electrons. The lowest BCUT2D eigenvalue weighted by Gasteiger charge is -2.22. The van der Waals surface area contributed by atoms with Gasteiger partial charge in [0.05, 0.1) is 12.0 Å². The second kappa shape index (κ2) is 10.4. The van der Waals surface area contributed by atoms with Crippen molar-refractivity contribution >= 4 is 27.5 Å². The summed E-state index contributed by atoms with van der Waals surface area (Å²) in [6.45, 7) is 6.17. The van der Waals surface area contributed by atoms with Gasteiger partial charge in [0.25, 0.3) is 0 Å². The largest absolute Gasteiger partial charge is 0.497 e. The maximum absolute atomic E-state index is 13.1. The van der Waals surface area contributed by atoms with E-state index in [1.54, 1.807) is 44.9 Å². The molecule has 0 spiro atoms. The van der Waals surface area contributed by atoms with E-state index < -0.39 is 22.0 Å². The number of sulfonamides is 1. The highest BCUT2D eigenvalue weighted by Gasteiger charge is 2.30. The van der Waals surface area contributed by atoms with Crippen LogP contribution in [0.5, 0.6) is 5.75 Å². The van der Waals surface area contributed by atoms with Gasteiger partial charge in [-0.05, 0) is 53.8 Å². The molecule has 1 aliphatic rings. The van der Waals surface area contributed by atoms with Crippen LogP contribution >= 0.6 is 0 Å². The van der Waals surface area contributed by atoms with E-state index in [9.17, 15) is 18.0 Å². The molecule has 2 aromatic rings. The fourth-order valence-corrected chi connectivity index (χ4v) is 5.20. The van der Waals surface area contributed by atoms with Crippen molar-refractivity contribution in [1.29, 1.82) is 0 Å². The summed E-state index contributed by atoms with van der Waals surface area (Å²) in [5, 5.41) is 2.81. The predicted molar refractivity (Wildman–Crippen MR) is 127 cm³/mol. The van der Waals surface area contributed by atoms with E-state index in [0.717, 1.165) is 16.8 Å². The number of carbonyl (C=O) groups excluding carboxylic acids is 2. The van der Waals surface area contributed by atoms with E-state index in [1.807, 2.05) is 24.3 Å². The molecular formula is C24H31N3O5S. The molecule has 0 saturated heterocycles. The number of benzene rings is 2. The SMILES string of the molecule is CCC(=O)N1CCc2cc(S(=O)(=O)NC(C(=O)NCc3cccc(OC)c3)C(C)C)ccc21. The summed E-state index contributed by atoms with van der Waals surface area (Å²) in [6.07, 6.45) is 0.987. The number of carbonyl (C=O) groups is 2.